The van der Waals surface area contributed by atoms with Crippen LogP contribution in [-0.2, 0) is 14.4 Å². The second-order valence-corrected chi connectivity index (χ2v) is 4.87. The number of carbonyl (C=O) groups excluding carboxylic acids is 2. The van der Waals surface area contributed by atoms with Crippen LogP contribution in [0.4, 0.5) is 0 Å². The monoisotopic (exact) mass is 274 g/mol. The van der Waals surface area contributed by atoms with Crippen LogP contribution in [0.2, 0.25) is 0 Å². The predicted molar refractivity (Wildman–Crippen MR) is 68.5 cm³/mol. The Morgan fingerprint density at radius 2 is 2.17 bits per heavy atom. The Bertz CT molecular complexity index is 335. The van der Waals surface area contributed by atoms with Crippen LogP contribution in [0.1, 0.15) is 25.7 Å². The fourth-order valence-electron chi connectivity index (χ4n) is 1.76. The minimum atomic E-state index is -1.11. The number of piperidine rings is 1. The summed E-state index contributed by atoms with van der Waals surface area (Å²) in [6, 6.07) is 0. The molecule has 1 saturated heterocycles. The largest absolute Gasteiger partial charge is 0.480 e. The Morgan fingerprint density at radius 1 is 1.44 bits per heavy atom. The van der Waals surface area contributed by atoms with Crippen LogP contribution in [0.25, 0.3) is 0 Å². The normalized spacial score (nSPS) is 17.4. The van der Waals surface area contributed by atoms with E-state index in [0.29, 0.717) is 19.5 Å². The predicted octanol–water partition coefficient (Wildman–Crippen LogP) is -0.112. The molecular weight excluding hydrogens is 256 g/mol. The molecule has 6 nitrogen and oxygen atoms in total. The zero-order valence-electron chi connectivity index (χ0n) is 10.1. The number of carbonyl (C=O) groups is 3. The third-order valence-electron chi connectivity index (χ3n) is 2.79. The summed E-state index contributed by atoms with van der Waals surface area (Å²) in [5.41, 5.74) is 0. The highest BCUT2D eigenvalue weighted by atomic mass is 32.1. The van der Waals surface area contributed by atoms with Crippen molar-refractivity contribution in [3.63, 3.8) is 0 Å². The van der Waals surface area contributed by atoms with Gasteiger partial charge >= 0.3 is 5.97 Å². The van der Waals surface area contributed by atoms with Gasteiger partial charge in [-0.05, 0) is 12.8 Å². The number of amides is 2. The highest BCUT2D eigenvalue weighted by Gasteiger charge is 2.19. The van der Waals surface area contributed by atoms with Crippen molar-refractivity contribution in [2.45, 2.75) is 30.9 Å². The van der Waals surface area contributed by atoms with Gasteiger partial charge in [0.25, 0.3) is 0 Å². The summed E-state index contributed by atoms with van der Waals surface area (Å²) in [4.78, 5) is 35.0. The molecule has 2 N–H and O–H groups in total. The first-order chi connectivity index (χ1) is 8.50. The van der Waals surface area contributed by atoms with Gasteiger partial charge in [-0.15, -0.1) is 0 Å². The van der Waals surface area contributed by atoms with Crippen LogP contribution in [-0.4, -0.2) is 52.7 Å². The molecule has 0 radical (unpaired) electrons. The molecule has 1 atom stereocenters. The second-order valence-electron chi connectivity index (χ2n) is 4.25. The number of rotatable bonds is 6. The first kappa shape index (κ1) is 14.8. The van der Waals surface area contributed by atoms with Gasteiger partial charge in [0.15, 0.2) is 0 Å². The van der Waals surface area contributed by atoms with Gasteiger partial charge in [0.1, 0.15) is 5.25 Å². The van der Waals surface area contributed by atoms with Crippen LogP contribution >= 0.6 is 12.6 Å². The molecule has 0 saturated carbocycles. The van der Waals surface area contributed by atoms with Crippen LogP contribution in [0.15, 0.2) is 0 Å². The molecule has 0 aliphatic carbocycles. The summed E-state index contributed by atoms with van der Waals surface area (Å²) in [7, 11) is 0. The Balaban J connectivity index is 2.18. The van der Waals surface area contributed by atoms with E-state index in [-0.39, 0.29) is 18.2 Å². The van der Waals surface area contributed by atoms with Gasteiger partial charge in [-0.1, -0.05) is 0 Å². The van der Waals surface area contributed by atoms with Gasteiger partial charge < -0.3 is 15.3 Å². The molecule has 0 aromatic rings. The first-order valence-electron chi connectivity index (χ1n) is 5.96. The van der Waals surface area contributed by atoms with Crippen LogP contribution in [0, 0.1) is 0 Å². The summed E-state index contributed by atoms with van der Waals surface area (Å²) in [6.45, 7) is 1.57. The van der Waals surface area contributed by atoms with E-state index in [9.17, 15) is 14.4 Å². The number of nitrogens with zero attached hydrogens (tertiary/aromatic N) is 1. The molecule has 1 aliphatic rings. The number of carboxylic acid groups (broad SMARTS) is 1. The molecule has 102 valence electrons. The fourth-order valence-corrected chi connectivity index (χ4v) is 1.93. The number of hydrogen-bond donors (Lipinski definition) is 3. The number of likely N-dealkylation sites (tertiary alicyclic amines) is 1. The Kier molecular flexibility index (Phi) is 5.97. The molecule has 0 aromatic heterocycles. The van der Waals surface area contributed by atoms with E-state index in [2.05, 4.69) is 17.9 Å². The van der Waals surface area contributed by atoms with E-state index >= 15 is 0 Å². The molecule has 1 rings (SSSR count). The molecule has 1 heterocycles. The van der Waals surface area contributed by atoms with E-state index in [4.69, 9.17) is 5.11 Å². The maximum absolute atomic E-state index is 11.5. The lowest BCUT2D eigenvalue weighted by Crippen LogP contribution is -2.41. The summed E-state index contributed by atoms with van der Waals surface area (Å²) in [5, 5.41) is 10.2. The summed E-state index contributed by atoms with van der Waals surface area (Å²) < 4.78 is 0. The van der Waals surface area contributed by atoms with Crippen molar-refractivity contribution in [1.82, 2.24) is 10.2 Å². The second kappa shape index (κ2) is 7.25. The standard InChI is InChI=1S/C11H18N2O4S/c14-9(7-8(18)11(16)17)12-4-6-13-5-2-1-3-10(13)15/h8,18H,1-7H2,(H,12,14)(H,16,17). The number of hydrogen-bond acceptors (Lipinski definition) is 4. The van der Waals surface area contributed by atoms with Gasteiger partial charge in [0, 0.05) is 32.5 Å². The smallest absolute Gasteiger partial charge is 0.316 e. The van der Waals surface area contributed by atoms with Crippen LogP contribution in [0.5, 0.6) is 0 Å². The highest BCUT2D eigenvalue weighted by Crippen LogP contribution is 2.09. The quantitative estimate of drug-likeness (QED) is 0.590. The van der Waals surface area contributed by atoms with Gasteiger partial charge in [-0.25, -0.2) is 0 Å². The summed E-state index contributed by atoms with van der Waals surface area (Å²) in [6.07, 6.45) is 2.34. The molecule has 7 heteroatoms. The zero-order chi connectivity index (χ0) is 13.5. The lowest BCUT2D eigenvalue weighted by atomic mass is 10.1. The van der Waals surface area contributed by atoms with Crippen molar-refractivity contribution < 1.29 is 19.5 Å². The average molecular weight is 274 g/mol. The van der Waals surface area contributed by atoms with Crippen molar-refractivity contribution >= 4 is 30.4 Å². The number of nitrogens with one attached hydrogen (secondary N) is 1. The van der Waals surface area contributed by atoms with Crippen molar-refractivity contribution in [2.24, 2.45) is 0 Å². The minimum Gasteiger partial charge on any atom is -0.480 e. The molecular formula is C11H18N2O4S. The van der Waals surface area contributed by atoms with Gasteiger partial charge in [-0.2, -0.15) is 12.6 Å². The average Bonchev–Trinajstić information content (AvgIpc) is 2.31. The summed E-state index contributed by atoms with van der Waals surface area (Å²) >= 11 is 3.78. The van der Waals surface area contributed by atoms with Crippen molar-refractivity contribution in [3.8, 4) is 0 Å². The molecule has 2 amide bonds. The van der Waals surface area contributed by atoms with Crippen LogP contribution < -0.4 is 5.32 Å². The number of aliphatic carboxylic acids is 1. The van der Waals surface area contributed by atoms with Gasteiger partial charge in [-0.3, -0.25) is 14.4 Å². The molecule has 1 fully saturated rings. The van der Waals surface area contributed by atoms with Gasteiger partial charge in [0.2, 0.25) is 11.8 Å². The molecule has 0 spiro atoms. The first-order valence-corrected chi connectivity index (χ1v) is 6.47. The lowest BCUT2D eigenvalue weighted by Gasteiger charge is -2.26. The molecule has 0 aromatic carbocycles. The fraction of sp³-hybridized carbons (Fsp3) is 0.727. The molecule has 1 unspecified atom stereocenters. The third kappa shape index (κ3) is 4.95. The molecule has 18 heavy (non-hydrogen) atoms. The van der Waals surface area contributed by atoms with Crippen molar-refractivity contribution in [2.75, 3.05) is 19.6 Å². The SMILES string of the molecule is O=C(CC(S)C(=O)O)NCCN1CCCCC1=O. The van der Waals surface area contributed by atoms with E-state index in [1.807, 2.05) is 0 Å². The highest BCUT2D eigenvalue weighted by molar-refractivity contribution is 7.81. The van der Waals surface area contributed by atoms with E-state index in [1.54, 1.807) is 4.90 Å². The number of carboxylic acids is 1. The molecule has 0 bridgehead atoms. The molecule has 1 aliphatic heterocycles. The maximum atomic E-state index is 11.5. The van der Waals surface area contributed by atoms with Gasteiger partial charge in [0.05, 0.1) is 0 Å². The van der Waals surface area contributed by atoms with E-state index in [1.165, 1.54) is 0 Å². The maximum Gasteiger partial charge on any atom is 0.316 e. The third-order valence-corrected chi connectivity index (χ3v) is 3.19. The van der Waals surface area contributed by atoms with Crippen LogP contribution in [0.3, 0.4) is 0 Å². The minimum absolute atomic E-state index is 0.119. The summed E-state index contributed by atoms with van der Waals surface area (Å²) in [5.74, 6) is -1.35. The Hall–Kier alpha value is -1.24. The number of thiol groups is 1. The van der Waals surface area contributed by atoms with Crippen molar-refractivity contribution in [1.29, 1.82) is 0 Å². The van der Waals surface area contributed by atoms with E-state index < -0.39 is 11.2 Å². The lowest BCUT2D eigenvalue weighted by molar-refractivity contribution is -0.138. The topological polar surface area (TPSA) is 86.7 Å². The Morgan fingerprint density at radius 3 is 2.78 bits per heavy atom. The zero-order valence-corrected chi connectivity index (χ0v) is 11.0. The van der Waals surface area contributed by atoms with Crippen molar-refractivity contribution in [3.05, 3.63) is 0 Å². The Labute approximate surface area is 111 Å². The van der Waals surface area contributed by atoms with E-state index in [0.717, 1.165) is 19.4 Å².